The lowest BCUT2D eigenvalue weighted by Crippen LogP contribution is -2.48. The summed E-state index contributed by atoms with van der Waals surface area (Å²) in [5, 5.41) is 5.80. The third kappa shape index (κ3) is 5.72. The van der Waals surface area contributed by atoms with E-state index in [4.69, 9.17) is 9.72 Å². The molecule has 0 saturated heterocycles. The molecule has 2 aliphatic carbocycles. The predicted octanol–water partition coefficient (Wildman–Crippen LogP) is 2.54. The van der Waals surface area contributed by atoms with E-state index >= 15 is 0 Å². The molecule has 3 rings (SSSR count). The van der Waals surface area contributed by atoms with Crippen molar-refractivity contribution < 1.29 is 14.3 Å². The van der Waals surface area contributed by atoms with Crippen molar-refractivity contribution in [3.05, 3.63) is 23.4 Å². The normalized spacial score (nSPS) is 21.6. The molecule has 7 nitrogen and oxygen atoms in total. The molecule has 1 amide bonds. The van der Waals surface area contributed by atoms with Crippen molar-refractivity contribution >= 4 is 18.2 Å². The van der Waals surface area contributed by atoms with Gasteiger partial charge < -0.3 is 15.4 Å². The number of amides is 1. The van der Waals surface area contributed by atoms with Crippen molar-refractivity contribution in [3.63, 3.8) is 0 Å². The number of anilines is 1. The third-order valence-electron chi connectivity index (χ3n) is 6.59. The maximum absolute atomic E-state index is 11.8. The minimum absolute atomic E-state index is 0.369. The number of nitrogens with zero attached hydrogens (tertiary/aromatic N) is 2. The van der Waals surface area contributed by atoms with Gasteiger partial charge in [0, 0.05) is 31.4 Å². The number of ether oxygens (including phenoxy) is 1. The Labute approximate surface area is 180 Å². The van der Waals surface area contributed by atoms with Gasteiger partial charge in [-0.2, -0.15) is 0 Å². The highest BCUT2D eigenvalue weighted by Crippen LogP contribution is 2.40. The van der Waals surface area contributed by atoms with Gasteiger partial charge in [0.05, 0.1) is 7.11 Å². The number of aryl methyl sites for hydroxylation is 2. The summed E-state index contributed by atoms with van der Waals surface area (Å²) in [6.07, 6.45) is 9.29. The molecule has 0 aliphatic heterocycles. The van der Waals surface area contributed by atoms with Crippen LogP contribution in [0, 0.1) is 5.92 Å². The zero-order valence-corrected chi connectivity index (χ0v) is 18.5. The second-order valence-electron chi connectivity index (χ2n) is 8.56. The van der Waals surface area contributed by atoms with Crippen molar-refractivity contribution in [2.24, 2.45) is 5.92 Å². The van der Waals surface area contributed by atoms with Crippen molar-refractivity contribution in [3.8, 4) is 0 Å². The first kappa shape index (κ1) is 22.5. The van der Waals surface area contributed by atoms with Crippen LogP contribution in [-0.4, -0.2) is 61.1 Å². The molecular weight excluding hydrogens is 380 g/mol. The molecule has 2 saturated carbocycles. The summed E-state index contributed by atoms with van der Waals surface area (Å²) >= 11 is 0. The summed E-state index contributed by atoms with van der Waals surface area (Å²) < 4.78 is 4.81. The Kier molecular flexibility index (Phi) is 8.08. The van der Waals surface area contributed by atoms with Crippen LogP contribution in [0.4, 0.5) is 5.82 Å². The summed E-state index contributed by atoms with van der Waals surface area (Å²) in [6, 6.07) is 5.05. The van der Waals surface area contributed by atoms with Crippen LogP contribution in [0.15, 0.2) is 12.1 Å². The van der Waals surface area contributed by atoms with Crippen LogP contribution in [0.2, 0.25) is 0 Å². The van der Waals surface area contributed by atoms with E-state index in [1.807, 2.05) is 7.05 Å². The largest absolute Gasteiger partial charge is 0.467 e. The monoisotopic (exact) mass is 416 g/mol. The molecule has 7 heteroatoms. The topological polar surface area (TPSA) is 83.6 Å². The van der Waals surface area contributed by atoms with E-state index in [1.54, 1.807) is 0 Å². The molecule has 1 atom stereocenters. The highest BCUT2D eigenvalue weighted by Gasteiger charge is 2.40. The first-order chi connectivity index (χ1) is 14.6. The Morgan fingerprint density at radius 1 is 1.33 bits per heavy atom. The van der Waals surface area contributed by atoms with Crippen LogP contribution in [0.3, 0.4) is 0 Å². The van der Waals surface area contributed by atoms with E-state index in [0.717, 1.165) is 31.1 Å². The van der Waals surface area contributed by atoms with Gasteiger partial charge in [-0.05, 0) is 68.9 Å². The number of rotatable bonds is 13. The van der Waals surface area contributed by atoms with Crippen molar-refractivity contribution in [2.75, 3.05) is 26.0 Å². The van der Waals surface area contributed by atoms with Gasteiger partial charge in [0.1, 0.15) is 11.9 Å². The molecule has 30 heavy (non-hydrogen) atoms. The summed E-state index contributed by atoms with van der Waals surface area (Å²) in [7, 11) is 3.30. The molecule has 1 unspecified atom stereocenters. The van der Waals surface area contributed by atoms with Crippen LogP contribution >= 0.6 is 0 Å². The van der Waals surface area contributed by atoms with E-state index in [9.17, 15) is 9.59 Å². The average molecular weight is 417 g/mol. The number of carbonyl (C=O) groups excluding carboxylic acids is 2. The van der Waals surface area contributed by atoms with Crippen molar-refractivity contribution in [2.45, 2.75) is 76.4 Å². The van der Waals surface area contributed by atoms with Crippen molar-refractivity contribution in [1.82, 2.24) is 15.2 Å². The number of pyridine rings is 1. The Hall–Kier alpha value is -2.15. The molecule has 2 aliphatic rings. The SMILES string of the molecule is CCc1ccc(CCC2CC(N(CCC(NC=O)C(=O)OC)C3CC3)C2)nc1NC. The van der Waals surface area contributed by atoms with Gasteiger partial charge in [0.15, 0.2) is 0 Å². The number of methoxy groups -OCH3 is 1. The van der Waals surface area contributed by atoms with E-state index in [1.165, 1.54) is 50.5 Å². The first-order valence-corrected chi connectivity index (χ1v) is 11.3. The smallest absolute Gasteiger partial charge is 0.328 e. The van der Waals surface area contributed by atoms with E-state index < -0.39 is 6.04 Å². The number of nitrogens with one attached hydrogen (secondary N) is 2. The number of hydrogen-bond acceptors (Lipinski definition) is 6. The molecule has 0 spiro atoms. The highest BCUT2D eigenvalue weighted by molar-refractivity contribution is 5.78. The maximum Gasteiger partial charge on any atom is 0.328 e. The molecule has 166 valence electrons. The highest BCUT2D eigenvalue weighted by atomic mass is 16.5. The molecule has 0 bridgehead atoms. The molecule has 1 aromatic rings. The van der Waals surface area contributed by atoms with Gasteiger partial charge in [-0.3, -0.25) is 9.69 Å². The Bertz CT molecular complexity index is 716. The van der Waals surface area contributed by atoms with Crippen LogP contribution in [0.1, 0.15) is 56.7 Å². The van der Waals surface area contributed by atoms with E-state index in [2.05, 4.69) is 34.6 Å². The fraction of sp³-hybridized carbons (Fsp3) is 0.696. The zero-order valence-electron chi connectivity index (χ0n) is 18.5. The Morgan fingerprint density at radius 2 is 2.10 bits per heavy atom. The van der Waals surface area contributed by atoms with Gasteiger partial charge >= 0.3 is 5.97 Å². The third-order valence-corrected chi connectivity index (χ3v) is 6.59. The molecule has 0 radical (unpaired) electrons. The van der Waals surface area contributed by atoms with E-state index in [-0.39, 0.29) is 5.97 Å². The van der Waals surface area contributed by atoms with Crippen LogP contribution in [0.25, 0.3) is 0 Å². The summed E-state index contributed by atoms with van der Waals surface area (Å²) in [4.78, 5) is 30.0. The Morgan fingerprint density at radius 3 is 2.70 bits per heavy atom. The second kappa shape index (κ2) is 10.8. The van der Waals surface area contributed by atoms with Crippen LogP contribution < -0.4 is 10.6 Å². The molecule has 0 aromatic carbocycles. The van der Waals surface area contributed by atoms with Gasteiger partial charge in [-0.1, -0.05) is 13.0 Å². The van der Waals surface area contributed by atoms with E-state index in [0.29, 0.717) is 24.9 Å². The van der Waals surface area contributed by atoms with Gasteiger partial charge in [0.2, 0.25) is 6.41 Å². The molecule has 2 N–H and O–H groups in total. The first-order valence-electron chi connectivity index (χ1n) is 11.3. The number of esters is 1. The average Bonchev–Trinajstić information content (AvgIpc) is 3.58. The van der Waals surface area contributed by atoms with Gasteiger partial charge in [0.25, 0.3) is 0 Å². The predicted molar refractivity (Wildman–Crippen MR) is 117 cm³/mol. The Balaban J connectivity index is 1.45. The summed E-state index contributed by atoms with van der Waals surface area (Å²) in [6.45, 7) is 2.98. The standard InChI is InChI=1S/C23H36N4O3/c1-4-17-6-8-18(26-22(17)24-2)7-5-16-13-20(14-16)27(19-9-10-19)12-11-21(25-15-28)23(29)30-3/h6,8,15-16,19-21H,4-5,7,9-14H2,1-3H3,(H,24,26)(H,25,28). The molecular formula is C23H36N4O3. The summed E-state index contributed by atoms with van der Waals surface area (Å²) in [5.41, 5.74) is 2.43. The second-order valence-corrected chi connectivity index (χ2v) is 8.56. The zero-order chi connectivity index (χ0) is 21.5. The fourth-order valence-corrected chi connectivity index (χ4v) is 4.57. The summed E-state index contributed by atoms with van der Waals surface area (Å²) in [5.74, 6) is 1.38. The van der Waals surface area contributed by atoms with Crippen molar-refractivity contribution in [1.29, 1.82) is 0 Å². The lowest BCUT2D eigenvalue weighted by atomic mass is 9.76. The van der Waals surface area contributed by atoms with Crippen LogP contribution in [-0.2, 0) is 27.2 Å². The lowest BCUT2D eigenvalue weighted by Gasteiger charge is -2.44. The maximum atomic E-state index is 11.8. The fourth-order valence-electron chi connectivity index (χ4n) is 4.57. The van der Waals surface area contributed by atoms with Gasteiger partial charge in [-0.25, -0.2) is 9.78 Å². The molecule has 1 heterocycles. The molecule has 1 aromatic heterocycles. The minimum Gasteiger partial charge on any atom is -0.467 e. The van der Waals surface area contributed by atoms with Crippen LogP contribution in [0.5, 0.6) is 0 Å². The quantitative estimate of drug-likeness (QED) is 0.380. The number of aromatic nitrogens is 1. The minimum atomic E-state index is -0.553. The number of hydrogen-bond donors (Lipinski definition) is 2. The van der Waals surface area contributed by atoms with Gasteiger partial charge in [-0.15, -0.1) is 0 Å². The molecule has 2 fully saturated rings. The lowest BCUT2D eigenvalue weighted by molar-refractivity contribution is -0.144. The number of carbonyl (C=O) groups is 2.